The molecule has 56 heavy (non-hydrogen) atoms. The van der Waals surface area contributed by atoms with E-state index in [1.165, 1.54) is 38.1 Å². The average Bonchev–Trinajstić information content (AvgIpc) is 3.14. The van der Waals surface area contributed by atoms with E-state index >= 15 is 26.3 Å². The SMILES string of the molecule is Cc1cc(C)c2c(c1)Sc1cc(C)cc(C)c1OP(Oc1c(F)c(F)c(F)c(F)c1F)(Oc1c(F)c(F)c(F)c(F)c1F)(Oc1c(F)c(F)c(F)c(F)c1F)O2. The van der Waals surface area contributed by atoms with Gasteiger partial charge in [-0.05, 0) is 0 Å². The first kappa shape index (κ1) is 40.5. The van der Waals surface area contributed by atoms with Gasteiger partial charge in [-0.2, -0.15) is 0 Å². The van der Waals surface area contributed by atoms with Crippen LogP contribution in [0.3, 0.4) is 0 Å². The van der Waals surface area contributed by atoms with E-state index in [9.17, 15) is 39.5 Å². The molecule has 0 radical (unpaired) electrons. The molecule has 1 aliphatic heterocycles. The molecule has 298 valence electrons. The van der Waals surface area contributed by atoms with E-state index in [1.54, 1.807) is 0 Å². The zero-order valence-electron chi connectivity index (χ0n) is 27.9. The number of fused-ring (bicyclic) bond motifs is 2. The molecule has 0 spiro atoms. The summed E-state index contributed by atoms with van der Waals surface area (Å²) in [6.45, 7) is 5.18. The van der Waals surface area contributed by atoms with Gasteiger partial charge in [0.25, 0.3) is 0 Å². The Hall–Kier alpha value is -5.17. The Morgan fingerprint density at radius 1 is 0.375 bits per heavy atom. The fourth-order valence-electron chi connectivity index (χ4n) is 5.26. The third-order valence-corrected chi connectivity index (χ3v) is 11.1. The summed E-state index contributed by atoms with van der Waals surface area (Å²) in [5.41, 5.74) is 0.154. The monoisotopic (exact) mass is 852 g/mol. The van der Waals surface area contributed by atoms with E-state index in [0.29, 0.717) is 22.9 Å². The molecule has 1 heterocycles. The summed E-state index contributed by atoms with van der Waals surface area (Å²) in [6.07, 6.45) is 0. The summed E-state index contributed by atoms with van der Waals surface area (Å²) in [7, 11) is -8.39. The van der Waals surface area contributed by atoms with Crippen LogP contribution in [0.5, 0.6) is 28.7 Å². The second kappa shape index (κ2) is 13.8. The molecule has 6 rings (SSSR count). The van der Waals surface area contributed by atoms with Crippen LogP contribution in [-0.4, -0.2) is 0 Å². The summed E-state index contributed by atoms with van der Waals surface area (Å²) < 4.78 is 252. The first-order valence-corrected chi connectivity index (χ1v) is 17.6. The van der Waals surface area contributed by atoms with Crippen molar-refractivity contribution in [1.82, 2.24) is 0 Å². The zero-order chi connectivity index (χ0) is 41.5. The molecule has 1 aliphatic rings. The van der Waals surface area contributed by atoms with Crippen molar-refractivity contribution in [3.05, 3.63) is 134 Å². The van der Waals surface area contributed by atoms with E-state index in [4.69, 9.17) is 22.6 Å². The van der Waals surface area contributed by atoms with Crippen LogP contribution in [-0.2, 0) is 0 Å². The van der Waals surface area contributed by atoms with Crippen LogP contribution in [0.15, 0.2) is 34.1 Å². The van der Waals surface area contributed by atoms with Gasteiger partial charge in [-0.15, -0.1) is 0 Å². The normalized spacial score (nSPS) is 14.9. The summed E-state index contributed by atoms with van der Waals surface area (Å²) >= 11 is 0.682. The van der Waals surface area contributed by atoms with Gasteiger partial charge < -0.3 is 0 Å². The summed E-state index contributed by atoms with van der Waals surface area (Å²) in [6, 6.07) is 4.81. The quantitative estimate of drug-likeness (QED) is 0.0734. The van der Waals surface area contributed by atoms with Crippen molar-refractivity contribution in [1.29, 1.82) is 0 Å². The molecule has 0 aliphatic carbocycles. The van der Waals surface area contributed by atoms with Gasteiger partial charge in [-0.25, -0.2) is 0 Å². The van der Waals surface area contributed by atoms with Crippen LogP contribution in [0.4, 0.5) is 65.9 Å². The maximum atomic E-state index is 15.6. The van der Waals surface area contributed by atoms with Crippen LogP contribution in [0.2, 0.25) is 0 Å². The van der Waals surface area contributed by atoms with Gasteiger partial charge in [0, 0.05) is 0 Å². The van der Waals surface area contributed by atoms with Crippen molar-refractivity contribution in [2.24, 2.45) is 0 Å². The van der Waals surface area contributed by atoms with Gasteiger partial charge in [0.1, 0.15) is 0 Å². The fourth-order valence-corrected chi connectivity index (χ4v) is 9.53. The Balaban J connectivity index is 1.91. The molecule has 0 bridgehead atoms. The van der Waals surface area contributed by atoms with Crippen molar-refractivity contribution in [3.63, 3.8) is 0 Å². The number of benzene rings is 5. The topological polar surface area (TPSA) is 46.2 Å². The number of hydrogen-bond donors (Lipinski definition) is 0. The Labute approximate surface area is 307 Å². The van der Waals surface area contributed by atoms with Crippen molar-refractivity contribution in [2.45, 2.75) is 37.5 Å². The Morgan fingerprint density at radius 2 is 0.607 bits per heavy atom. The molecule has 5 aromatic carbocycles. The van der Waals surface area contributed by atoms with Crippen LogP contribution >= 0.6 is 19.5 Å². The summed E-state index contributed by atoms with van der Waals surface area (Å²) in [5, 5.41) is 0. The molecular weight excluding hydrogens is 836 g/mol. The predicted molar refractivity (Wildman–Crippen MR) is 165 cm³/mol. The Bertz CT molecular complexity index is 2210. The van der Waals surface area contributed by atoms with Crippen molar-refractivity contribution < 1.29 is 88.5 Å². The van der Waals surface area contributed by atoms with Crippen LogP contribution < -0.4 is 22.6 Å². The number of aryl methyl sites for hydroxylation is 4. The van der Waals surface area contributed by atoms with Crippen LogP contribution in [0, 0.1) is 115 Å². The van der Waals surface area contributed by atoms with Gasteiger partial charge in [-0.1, -0.05) is 0 Å². The zero-order valence-corrected chi connectivity index (χ0v) is 29.6. The second-order valence-corrected chi connectivity index (χ2v) is 15.3. The van der Waals surface area contributed by atoms with Gasteiger partial charge in [0.05, 0.1) is 0 Å². The number of halogens is 15. The molecule has 0 saturated carbocycles. The Morgan fingerprint density at radius 3 is 0.857 bits per heavy atom. The maximum absolute atomic E-state index is 15.6. The third kappa shape index (κ3) is 6.33. The van der Waals surface area contributed by atoms with Crippen LogP contribution in [0.25, 0.3) is 0 Å². The van der Waals surface area contributed by atoms with Crippen molar-refractivity contribution >= 4 is 19.5 Å². The number of rotatable bonds is 6. The number of hydrogen-bond acceptors (Lipinski definition) is 6. The van der Waals surface area contributed by atoms with Crippen molar-refractivity contribution in [2.75, 3.05) is 0 Å². The molecule has 0 amide bonds. The molecule has 22 heteroatoms. The molecule has 0 atom stereocenters. The minimum absolute atomic E-state index is 0.255. The van der Waals surface area contributed by atoms with E-state index in [1.807, 2.05) is 0 Å². The van der Waals surface area contributed by atoms with Gasteiger partial charge in [0.15, 0.2) is 0 Å². The third-order valence-electron chi connectivity index (χ3n) is 7.70. The molecule has 0 saturated heterocycles. The fraction of sp³-hybridized carbons (Fsp3) is 0.118. The molecule has 5 aromatic rings. The van der Waals surface area contributed by atoms with Gasteiger partial charge >= 0.3 is 308 Å². The van der Waals surface area contributed by atoms with Gasteiger partial charge in [-0.3, -0.25) is 0 Å². The summed E-state index contributed by atoms with van der Waals surface area (Å²) in [5.74, 6) is -54.2. The molecular formula is C34H16F15O5PS. The van der Waals surface area contributed by atoms with E-state index in [2.05, 4.69) is 0 Å². The standard InChI is InChI=1S/C34H16F15O5PS/c1-9-5-11(3)30-13(7-9)56-14-8-10(2)6-12(4)31(14)51-55(50-30,52-32-24(44)18(38)15(35)19(39)25(32)45,53-33-26(46)20(40)16(36)21(41)27(33)47)54-34-28(48)22(42)17(37)23(43)29(34)49/h5-8H,1-4H3. The molecule has 0 aromatic heterocycles. The Kier molecular flexibility index (Phi) is 9.97. The molecule has 0 unspecified atom stereocenters. The average molecular weight is 853 g/mol. The van der Waals surface area contributed by atoms with Gasteiger partial charge in [0.2, 0.25) is 0 Å². The molecule has 0 fully saturated rings. The van der Waals surface area contributed by atoms with E-state index in [0.717, 1.165) is 13.8 Å². The van der Waals surface area contributed by atoms with E-state index < -0.39 is 124 Å². The van der Waals surface area contributed by atoms with Crippen LogP contribution in [0.1, 0.15) is 22.3 Å². The molecule has 0 N–H and O–H groups in total. The van der Waals surface area contributed by atoms with Crippen molar-refractivity contribution in [3.8, 4) is 28.7 Å². The second-order valence-electron chi connectivity index (χ2n) is 11.8. The first-order valence-electron chi connectivity index (χ1n) is 15.0. The minimum atomic E-state index is -8.39. The summed E-state index contributed by atoms with van der Waals surface area (Å²) in [4.78, 5) is -0.511. The molecule has 5 nitrogen and oxygen atoms in total. The predicted octanol–water partition coefficient (Wildman–Crippen LogP) is 12.3. The van der Waals surface area contributed by atoms with E-state index in [-0.39, 0.29) is 20.9 Å². The first-order chi connectivity index (χ1) is 26.0.